The fraction of sp³-hybridized carbons (Fsp3) is 0.286. The van der Waals surface area contributed by atoms with Crippen molar-refractivity contribution in [3.05, 3.63) is 59.2 Å². The molecule has 1 atom stereocenters. The van der Waals surface area contributed by atoms with Gasteiger partial charge in [0.25, 0.3) is 5.91 Å². The number of hydrogen-bond donors (Lipinski definition) is 2. The van der Waals surface area contributed by atoms with Crippen LogP contribution >= 0.6 is 11.3 Å². The minimum Gasteiger partial charge on any atom is -0.340 e. The van der Waals surface area contributed by atoms with E-state index in [0.29, 0.717) is 10.7 Å². The predicted molar refractivity (Wildman–Crippen MR) is 110 cm³/mol. The first kappa shape index (κ1) is 19.0. The first-order valence-corrected chi connectivity index (χ1v) is 9.70. The smallest absolute Gasteiger partial charge is 0.251 e. The van der Waals surface area contributed by atoms with Crippen LogP contribution in [0.25, 0.3) is 10.2 Å². The first-order valence-electron chi connectivity index (χ1n) is 8.89. The van der Waals surface area contributed by atoms with E-state index < -0.39 is 6.04 Å². The van der Waals surface area contributed by atoms with Crippen LogP contribution in [0.2, 0.25) is 0 Å². The van der Waals surface area contributed by atoms with Crippen molar-refractivity contribution in [2.45, 2.75) is 33.7 Å². The average Bonchev–Trinajstić information content (AvgIpc) is 3.00. The number of fused-ring (bicyclic) bond motifs is 1. The van der Waals surface area contributed by atoms with Gasteiger partial charge in [0.15, 0.2) is 5.13 Å². The molecule has 3 aromatic rings. The molecule has 3 rings (SSSR count). The highest BCUT2D eigenvalue weighted by Crippen LogP contribution is 2.27. The molecule has 0 spiro atoms. The van der Waals surface area contributed by atoms with Gasteiger partial charge in [-0.1, -0.05) is 48.9 Å². The Morgan fingerprint density at radius 3 is 2.48 bits per heavy atom. The molecular weight excluding hydrogens is 358 g/mol. The number of hydrogen-bond acceptors (Lipinski definition) is 4. The van der Waals surface area contributed by atoms with E-state index in [-0.39, 0.29) is 17.7 Å². The first-order chi connectivity index (χ1) is 12.8. The van der Waals surface area contributed by atoms with Crippen LogP contribution in [0.1, 0.15) is 35.3 Å². The molecule has 2 aromatic carbocycles. The third kappa shape index (κ3) is 4.52. The Kier molecular flexibility index (Phi) is 5.56. The predicted octanol–water partition coefficient (Wildman–Crippen LogP) is 4.31. The highest BCUT2D eigenvalue weighted by atomic mass is 32.1. The summed E-state index contributed by atoms with van der Waals surface area (Å²) in [7, 11) is 0. The van der Waals surface area contributed by atoms with Crippen LogP contribution in [0.5, 0.6) is 0 Å². The lowest BCUT2D eigenvalue weighted by molar-refractivity contribution is -0.118. The van der Waals surface area contributed by atoms with Crippen molar-refractivity contribution in [3.8, 4) is 0 Å². The van der Waals surface area contributed by atoms with E-state index in [1.165, 1.54) is 11.3 Å². The van der Waals surface area contributed by atoms with Crippen LogP contribution in [-0.4, -0.2) is 22.8 Å². The SMILES string of the molecule is Cc1cccc(C(=O)N[C@H](C(=O)Nc2nc3ccc(C)cc3s2)C(C)C)c1. The Labute approximate surface area is 162 Å². The number of nitrogens with one attached hydrogen (secondary N) is 2. The summed E-state index contributed by atoms with van der Waals surface area (Å²) < 4.78 is 1.02. The Morgan fingerprint density at radius 1 is 1.04 bits per heavy atom. The zero-order valence-electron chi connectivity index (χ0n) is 15.9. The molecule has 1 heterocycles. The van der Waals surface area contributed by atoms with Gasteiger partial charge in [-0.15, -0.1) is 0 Å². The zero-order chi connectivity index (χ0) is 19.6. The molecule has 5 nitrogen and oxygen atoms in total. The maximum atomic E-state index is 12.8. The molecule has 2 N–H and O–H groups in total. The number of anilines is 1. The maximum absolute atomic E-state index is 12.8. The van der Waals surface area contributed by atoms with Crippen molar-refractivity contribution >= 4 is 38.5 Å². The number of amides is 2. The van der Waals surface area contributed by atoms with Gasteiger partial charge in [0.1, 0.15) is 6.04 Å². The van der Waals surface area contributed by atoms with Crippen molar-refractivity contribution in [3.63, 3.8) is 0 Å². The van der Waals surface area contributed by atoms with Crippen molar-refractivity contribution in [2.24, 2.45) is 5.92 Å². The van der Waals surface area contributed by atoms with Gasteiger partial charge in [0.2, 0.25) is 5.91 Å². The van der Waals surface area contributed by atoms with E-state index in [0.717, 1.165) is 21.3 Å². The molecule has 0 saturated carbocycles. The van der Waals surface area contributed by atoms with Crippen molar-refractivity contribution in [1.29, 1.82) is 0 Å². The molecule has 1 aromatic heterocycles. The van der Waals surface area contributed by atoms with E-state index >= 15 is 0 Å². The normalized spacial score (nSPS) is 12.2. The monoisotopic (exact) mass is 381 g/mol. The van der Waals surface area contributed by atoms with E-state index in [4.69, 9.17) is 0 Å². The summed E-state index contributed by atoms with van der Waals surface area (Å²) in [6.45, 7) is 7.76. The number of nitrogens with zero attached hydrogens (tertiary/aromatic N) is 1. The van der Waals surface area contributed by atoms with Gasteiger partial charge in [-0.2, -0.15) is 0 Å². The van der Waals surface area contributed by atoms with E-state index in [1.54, 1.807) is 12.1 Å². The van der Waals surface area contributed by atoms with E-state index in [1.807, 2.05) is 58.0 Å². The van der Waals surface area contributed by atoms with Crippen LogP contribution in [0.4, 0.5) is 5.13 Å². The number of aromatic nitrogens is 1. The lowest BCUT2D eigenvalue weighted by atomic mass is 10.0. The summed E-state index contributed by atoms with van der Waals surface area (Å²) >= 11 is 1.43. The summed E-state index contributed by atoms with van der Waals surface area (Å²) in [6.07, 6.45) is 0. The molecule has 6 heteroatoms. The highest BCUT2D eigenvalue weighted by molar-refractivity contribution is 7.22. The summed E-state index contributed by atoms with van der Waals surface area (Å²) in [6, 6.07) is 12.6. The molecule has 140 valence electrons. The molecule has 0 bridgehead atoms. The topological polar surface area (TPSA) is 71.1 Å². The summed E-state index contributed by atoms with van der Waals surface area (Å²) in [5.41, 5.74) is 3.54. The fourth-order valence-electron chi connectivity index (χ4n) is 2.81. The lowest BCUT2D eigenvalue weighted by Crippen LogP contribution is -2.47. The van der Waals surface area contributed by atoms with Gasteiger partial charge in [-0.3, -0.25) is 9.59 Å². The summed E-state index contributed by atoms with van der Waals surface area (Å²) in [5.74, 6) is -0.579. The fourth-order valence-corrected chi connectivity index (χ4v) is 3.78. The second-order valence-corrected chi connectivity index (χ2v) is 8.07. The second-order valence-electron chi connectivity index (χ2n) is 7.04. The Bertz CT molecular complexity index is 994. The highest BCUT2D eigenvalue weighted by Gasteiger charge is 2.25. The van der Waals surface area contributed by atoms with Crippen LogP contribution in [0.3, 0.4) is 0 Å². The number of carbonyl (C=O) groups excluding carboxylic acids is 2. The minimum absolute atomic E-state index is 0.0598. The average molecular weight is 382 g/mol. The number of rotatable bonds is 5. The number of thiazole rings is 1. The molecule has 0 aliphatic heterocycles. The van der Waals surface area contributed by atoms with Gasteiger partial charge >= 0.3 is 0 Å². The molecule has 0 aliphatic carbocycles. The summed E-state index contributed by atoms with van der Waals surface area (Å²) in [5, 5.41) is 6.24. The van der Waals surface area contributed by atoms with Crippen LogP contribution in [0, 0.1) is 19.8 Å². The summed E-state index contributed by atoms with van der Waals surface area (Å²) in [4.78, 5) is 29.8. The molecule has 0 saturated heterocycles. The van der Waals surface area contributed by atoms with Gasteiger partial charge in [0.05, 0.1) is 10.2 Å². The molecule has 0 aliphatic rings. The molecule has 0 unspecified atom stereocenters. The largest absolute Gasteiger partial charge is 0.340 e. The quantitative estimate of drug-likeness (QED) is 0.692. The minimum atomic E-state index is -0.647. The third-order valence-electron chi connectivity index (χ3n) is 4.29. The van der Waals surface area contributed by atoms with Crippen molar-refractivity contribution in [1.82, 2.24) is 10.3 Å². The Morgan fingerprint density at radius 2 is 1.78 bits per heavy atom. The third-order valence-corrected chi connectivity index (χ3v) is 5.22. The maximum Gasteiger partial charge on any atom is 0.251 e. The van der Waals surface area contributed by atoms with Gasteiger partial charge < -0.3 is 10.6 Å². The van der Waals surface area contributed by atoms with Crippen LogP contribution in [0.15, 0.2) is 42.5 Å². The molecule has 2 amide bonds. The van der Waals surface area contributed by atoms with Crippen molar-refractivity contribution < 1.29 is 9.59 Å². The number of aryl methyl sites for hydroxylation is 2. The van der Waals surface area contributed by atoms with Gasteiger partial charge in [-0.25, -0.2) is 4.98 Å². The number of carbonyl (C=O) groups is 2. The molecule has 27 heavy (non-hydrogen) atoms. The van der Waals surface area contributed by atoms with E-state index in [2.05, 4.69) is 15.6 Å². The molecular formula is C21H23N3O2S. The standard InChI is InChI=1S/C21H23N3O2S/c1-12(2)18(23-19(25)15-7-5-6-13(3)10-15)20(26)24-21-22-16-9-8-14(4)11-17(16)27-21/h5-12,18H,1-4H3,(H,23,25)(H,22,24,26)/t18-/m0/s1. The second kappa shape index (κ2) is 7.88. The Hall–Kier alpha value is -2.73. The van der Waals surface area contributed by atoms with Gasteiger partial charge in [-0.05, 0) is 49.6 Å². The van der Waals surface area contributed by atoms with Crippen LogP contribution in [-0.2, 0) is 4.79 Å². The van der Waals surface area contributed by atoms with Crippen molar-refractivity contribution in [2.75, 3.05) is 5.32 Å². The lowest BCUT2D eigenvalue weighted by Gasteiger charge is -2.21. The molecule has 0 radical (unpaired) electrons. The van der Waals surface area contributed by atoms with Gasteiger partial charge in [0, 0.05) is 5.56 Å². The van der Waals surface area contributed by atoms with E-state index in [9.17, 15) is 9.59 Å². The Balaban J connectivity index is 1.75. The molecule has 0 fully saturated rings. The van der Waals surface area contributed by atoms with Crippen LogP contribution < -0.4 is 10.6 Å². The zero-order valence-corrected chi connectivity index (χ0v) is 16.7. The number of benzene rings is 2.